The zero-order valence-corrected chi connectivity index (χ0v) is 11.3. The number of hydrogen-bond acceptors (Lipinski definition) is 3. The highest BCUT2D eigenvalue weighted by molar-refractivity contribution is 7.71. The molecular formula is C11H15N3S2. The summed E-state index contributed by atoms with van der Waals surface area (Å²) in [6.07, 6.45) is 1.99. The van der Waals surface area contributed by atoms with Crippen molar-refractivity contribution in [2.75, 3.05) is 0 Å². The van der Waals surface area contributed by atoms with Gasteiger partial charge in [-0.2, -0.15) is 0 Å². The summed E-state index contributed by atoms with van der Waals surface area (Å²) in [5, 5.41) is 2.06. The largest absolute Gasteiger partial charge is 0.337 e. The highest BCUT2D eigenvalue weighted by Gasteiger charge is 2.19. The second-order valence-electron chi connectivity index (χ2n) is 4.79. The first-order valence-corrected chi connectivity index (χ1v) is 6.49. The van der Waals surface area contributed by atoms with E-state index in [1.165, 1.54) is 5.69 Å². The molecule has 0 unspecified atom stereocenters. The molecule has 2 heterocycles. The normalized spacial score (nSPS) is 11.9. The van der Waals surface area contributed by atoms with Crippen LogP contribution in [0.25, 0.3) is 0 Å². The number of hydrogen-bond donors (Lipinski definition) is 1. The van der Waals surface area contributed by atoms with E-state index in [0.717, 1.165) is 17.0 Å². The van der Waals surface area contributed by atoms with E-state index in [0.29, 0.717) is 0 Å². The Hall–Kier alpha value is -0.940. The van der Waals surface area contributed by atoms with Gasteiger partial charge >= 0.3 is 0 Å². The van der Waals surface area contributed by atoms with Gasteiger partial charge in [0.1, 0.15) is 0 Å². The van der Waals surface area contributed by atoms with Gasteiger partial charge < -0.3 is 9.55 Å². The minimum absolute atomic E-state index is 0.0869. The lowest BCUT2D eigenvalue weighted by atomic mass is 9.92. The number of thiazole rings is 1. The molecule has 0 bridgehead atoms. The van der Waals surface area contributed by atoms with Gasteiger partial charge in [0, 0.05) is 22.7 Å². The Morgan fingerprint density at radius 2 is 2.25 bits per heavy atom. The summed E-state index contributed by atoms with van der Waals surface area (Å²) in [5.74, 6) is 0. The summed E-state index contributed by atoms with van der Waals surface area (Å²) < 4.78 is 2.88. The van der Waals surface area contributed by atoms with Gasteiger partial charge in [0.05, 0.1) is 17.7 Å². The van der Waals surface area contributed by atoms with E-state index >= 15 is 0 Å². The summed E-state index contributed by atoms with van der Waals surface area (Å²) in [6.45, 7) is 7.30. The molecule has 2 aromatic rings. The van der Waals surface area contributed by atoms with Crippen molar-refractivity contribution in [2.45, 2.75) is 32.7 Å². The number of nitrogens with one attached hydrogen (secondary N) is 1. The Morgan fingerprint density at radius 3 is 2.81 bits per heavy atom. The van der Waals surface area contributed by atoms with Gasteiger partial charge in [-0.1, -0.05) is 20.8 Å². The first-order valence-electron chi connectivity index (χ1n) is 5.14. The lowest BCUT2D eigenvalue weighted by molar-refractivity contribution is 0.527. The van der Waals surface area contributed by atoms with Crippen LogP contribution in [-0.2, 0) is 12.0 Å². The number of aromatic amines is 1. The number of H-pyrrole nitrogens is 1. The topological polar surface area (TPSA) is 33.6 Å². The standard InChI is InChI=1S/C11H15N3S2/c1-11(2,3)9-4-12-10(15)14(9)5-8-6-16-7-13-8/h4,6-7H,5H2,1-3H3,(H,12,15). The van der Waals surface area contributed by atoms with Gasteiger partial charge in [-0.15, -0.1) is 11.3 Å². The fraction of sp³-hybridized carbons (Fsp3) is 0.455. The van der Waals surface area contributed by atoms with Crippen molar-refractivity contribution in [3.05, 3.63) is 33.2 Å². The van der Waals surface area contributed by atoms with Gasteiger partial charge in [-0.3, -0.25) is 0 Å². The van der Waals surface area contributed by atoms with E-state index in [1.54, 1.807) is 11.3 Å². The third-order valence-electron chi connectivity index (χ3n) is 2.44. The number of imidazole rings is 1. The van der Waals surface area contributed by atoms with Crippen molar-refractivity contribution in [3.8, 4) is 0 Å². The van der Waals surface area contributed by atoms with Gasteiger partial charge in [0.2, 0.25) is 0 Å². The first kappa shape index (κ1) is 11.5. The summed E-state index contributed by atoms with van der Waals surface area (Å²) >= 11 is 6.91. The van der Waals surface area contributed by atoms with Crippen molar-refractivity contribution in [1.82, 2.24) is 14.5 Å². The Bertz CT molecular complexity index is 514. The third-order valence-corrected chi connectivity index (χ3v) is 3.41. The molecule has 0 aliphatic heterocycles. The van der Waals surface area contributed by atoms with Crippen molar-refractivity contribution in [2.24, 2.45) is 0 Å². The average Bonchev–Trinajstić information content (AvgIpc) is 2.76. The van der Waals surface area contributed by atoms with Gasteiger partial charge in [0.25, 0.3) is 0 Å². The van der Waals surface area contributed by atoms with E-state index in [4.69, 9.17) is 12.2 Å². The number of rotatable bonds is 2. The molecule has 0 saturated carbocycles. The monoisotopic (exact) mass is 253 g/mol. The molecule has 0 aliphatic carbocycles. The summed E-state index contributed by atoms with van der Waals surface area (Å²) in [5.41, 5.74) is 4.21. The van der Waals surface area contributed by atoms with Crippen LogP contribution in [0.4, 0.5) is 0 Å². The van der Waals surface area contributed by atoms with E-state index in [2.05, 4.69) is 40.7 Å². The van der Waals surface area contributed by atoms with Gasteiger partial charge in [-0.05, 0) is 12.2 Å². The molecule has 2 rings (SSSR count). The van der Waals surface area contributed by atoms with Crippen LogP contribution in [0.3, 0.4) is 0 Å². The maximum Gasteiger partial charge on any atom is 0.177 e. The lowest BCUT2D eigenvalue weighted by Gasteiger charge is -2.20. The molecule has 2 aromatic heterocycles. The first-order chi connectivity index (χ1) is 7.48. The number of aromatic nitrogens is 3. The van der Waals surface area contributed by atoms with Crippen molar-refractivity contribution in [1.29, 1.82) is 0 Å². The minimum atomic E-state index is 0.0869. The Labute approximate surface area is 104 Å². The van der Waals surface area contributed by atoms with Gasteiger partial charge in [-0.25, -0.2) is 4.98 Å². The molecule has 0 aromatic carbocycles. The van der Waals surface area contributed by atoms with Crippen LogP contribution in [0.2, 0.25) is 0 Å². The van der Waals surface area contributed by atoms with Crippen LogP contribution in [0.15, 0.2) is 17.1 Å². The minimum Gasteiger partial charge on any atom is -0.337 e. The van der Waals surface area contributed by atoms with Crippen LogP contribution >= 0.6 is 23.6 Å². The predicted molar refractivity (Wildman–Crippen MR) is 69.5 cm³/mol. The zero-order chi connectivity index (χ0) is 11.8. The zero-order valence-electron chi connectivity index (χ0n) is 9.65. The third kappa shape index (κ3) is 2.25. The molecule has 0 fully saturated rings. The second kappa shape index (κ2) is 4.14. The SMILES string of the molecule is CC(C)(C)c1c[nH]c(=S)n1Cc1cscn1. The lowest BCUT2D eigenvalue weighted by Crippen LogP contribution is -2.18. The summed E-state index contributed by atoms with van der Waals surface area (Å²) in [4.78, 5) is 7.40. The molecule has 0 radical (unpaired) electrons. The van der Waals surface area contributed by atoms with Crippen molar-refractivity contribution in [3.63, 3.8) is 0 Å². The summed E-state index contributed by atoms with van der Waals surface area (Å²) in [6, 6.07) is 0. The number of nitrogens with zero attached hydrogens (tertiary/aromatic N) is 2. The highest BCUT2D eigenvalue weighted by atomic mass is 32.1. The molecular weight excluding hydrogens is 238 g/mol. The molecule has 5 heteroatoms. The molecule has 0 spiro atoms. The second-order valence-corrected chi connectivity index (χ2v) is 5.90. The van der Waals surface area contributed by atoms with E-state index in [9.17, 15) is 0 Å². The Balaban J connectivity index is 2.40. The van der Waals surface area contributed by atoms with Crippen LogP contribution in [0.5, 0.6) is 0 Å². The molecule has 0 atom stereocenters. The Kier molecular flexibility index (Phi) is 2.99. The van der Waals surface area contributed by atoms with Crippen LogP contribution < -0.4 is 0 Å². The quantitative estimate of drug-likeness (QED) is 0.833. The van der Waals surface area contributed by atoms with Crippen molar-refractivity contribution >= 4 is 23.6 Å². The molecule has 16 heavy (non-hydrogen) atoms. The van der Waals surface area contributed by atoms with E-state index in [1.807, 2.05) is 11.7 Å². The summed E-state index contributed by atoms with van der Waals surface area (Å²) in [7, 11) is 0. The molecule has 0 amide bonds. The van der Waals surface area contributed by atoms with Crippen LogP contribution in [0, 0.1) is 4.77 Å². The molecule has 86 valence electrons. The Morgan fingerprint density at radius 1 is 1.50 bits per heavy atom. The maximum absolute atomic E-state index is 5.30. The van der Waals surface area contributed by atoms with E-state index in [-0.39, 0.29) is 5.41 Å². The smallest absolute Gasteiger partial charge is 0.177 e. The highest BCUT2D eigenvalue weighted by Crippen LogP contribution is 2.23. The molecule has 1 N–H and O–H groups in total. The van der Waals surface area contributed by atoms with E-state index < -0.39 is 0 Å². The predicted octanol–water partition coefficient (Wildman–Crippen LogP) is 3.35. The average molecular weight is 253 g/mol. The maximum atomic E-state index is 5.30. The molecule has 0 aliphatic rings. The van der Waals surface area contributed by atoms with Crippen LogP contribution in [-0.4, -0.2) is 14.5 Å². The van der Waals surface area contributed by atoms with Crippen molar-refractivity contribution < 1.29 is 0 Å². The van der Waals surface area contributed by atoms with Gasteiger partial charge in [0.15, 0.2) is 4.77 Å². The molecule has 3 nitrogen and oxygen atoms in total. The fourth-order valence-corrected chi connectivity index (χ4v) is 2.42. The fourth-order valence-electron chi connectivity index (χ4n) is 1.65. The van der Waals surface area contributed by atoms with Crippen LogP contribution in [0.1, 0.15) is 32.2 Å². The molecule has 0 saturated heterocycles.